The molecule has 3 amide bonds. The summed E-state index contributed by atoms with van der Waals surface area (Å²) in [5.41, 5.74) is 4.87. The van der Waals surface area contributed by atoms with Crippen LogP contribution in [0.2, 0.25) is 0 Å². The van der Waals surface area contributed by atoms with Gasteiger partial charge in [0.2, 0.25) is 0 Å². The summed E-state index contributed by atoms with van der Waals surface area (Å²) in [7, 11) is 0. The van der Waals surface area contributed by atoms with Gasteiger partial charge in [-0.3, -0.25) is 14.6 Å². The molecule has 33 heavy (non-hydrogen) atoms. The summed E-state index contributed by atoms with van der Waals surface area (Å²) >= 11 is 0. The fraction of sp³-hybridized carbons (Fsp3) is 0.500. The molecule has 2 aromatic carbocycles. The standard InChI is InChI=1S/C28H33N3O2/c1-2-30-27(33)31(25-18-22-9-5-6-10-23(22)19-25)26(32)28(30)13-15-29(16-14-28)24-12-11-20-7-3-4-8-21(20)17-24/h3-10,24-25H,2,11-19H2,1H3. The quantitative estimate of drug-likeness (QED) is 0.678. The SMILES string of the molecule is CCN1C(=O)N(C2Cc3ccccc3C2)C(=O)C12CCN(C1CCc3ccccc3C1)CC2. The van der Waals surface area contributed by atoms with Gasteiger partial charge in [-0.25, -0.2) is 4.79 Å². The van der Waals surface area contributed by atoms with Crippen LogP contribution in [0.1, 0.15) is 48.4 Å². The highest BCUT2D eigenvalue weighted by atomic mass is 16.2. The highest BCUT2D eigenvalue weighted by Crippen LogP contribution is 2.41. The number of carbonyl (C=O) groups excluding carboxylic acids is 2. The minimum atomic E-state index is -0.649. The van der Waals surface area contributed by atoms with E-state index in [4.69, 9.17) is 0 Å². The molecule has 5 nitrogen and oxygen atoms in total. The van der Waals surface area contributed by atoms with Gasteiger partial charge in [0.05, 0.1) is 0 Å². The van der Waals surface area contributed by atoms with Crippen LogP contribution in [0.4, 0.5) is 4.79 Å². The highest BCUT2D eigenvalue weighted by molar-refractivity contribution is 6.07. The lowest BCUT2D eigenvalue weighted by Crippen LogP contribution is -2.58. The van der Waals surface area contributed by atoms with Crippen molar-refractivity contribution >= 4 is 11.9 Å². The lowest BCUT2D eigenvalue weighted by molar-refractivity contribution is -0.137. The maximum atomic E-state index is 13.9. The maximum Gasteiger partial charge on any atom is 0.327 e. The Morgan fingerprint density at radius 2 is 1.36 bits per heavy atom. The first-order valence-electron chi connectivity index (χ1n) is 12.6. The number of nitrogens with zero attached hydrogens (tertiary/aromatic N) is 3. The molecule has 2 fully saturated rings. The van der Waals surface area contributed by atoms with E-state index in [1.165, 1.54) is 28.7 Å². The summed E-state index contributed by atoms with van der Waals surface area (Å²) in [6.07, 6.45) is 6.49. The largest absolute Gasteiger partial charge is 0.327 e. The number of likely N-dealkylation sites (N-methyl/N-ethyl adjacent to an activating group) is 1. The van der Waals surface area contributed by atoms with Crippen molar-refractivity contribution in [2.45, 2.75) is 69.5 Å². The Morgan fingerprint density at radius 1 is 0.818 bits per heavy atom. The molecule has 6 rings (SSSR count). The van der Waals surface area contributed by atoms with Crippen molar-refractivity contribution in [1.29, 1.82) is 0 Å². The molecule has 1 spiro atoms. The van der Waals surface area contributed by atoms with Crippen LogP contribution in [0.15, 0.2) is 48.5 Å². The predicted octanol–water partition coefficient (Wildman–Crippen LogP) is 3.83. The molecule has 0 saturated carbocycles. The Kier molecular flexibility index (Phi) is 5.06. The van der Waals surface area contributed by atoms with E-state index in [9.17, 15) is 9.59 Å². The minimum absolute atomic E-state index is 0.0382. The molecule has 2 saturated heterocycles. The molecule has 0 radical (unpaired) electrons. The second kappa shape index (κ2) is 7.98. The van der Waals surface area contributed by atoms with E-state index >= 15 is 0 Å². The third-order valence-electron chi connectivity index (χ3n) is 8.74. The molecule has 2 heterocycles. The van der Waals surface area contributed by atoms with Crippen LogP contribution in [0, 0.1) is 0 Å². The maximum absolute atomic E-state index is 13.9. The van der Waals surface area contributed by atoms with Gasteiger partial charge in [-0.2, -0.15) is 0 Å². The zero-order chi connectivity index (χ0) is 22.6. The number of likely N-dealkylation sites (tertiary alicyclic amines) is 1. The van der Waals surface area contributed by atoms with E-state index in [-0.39, 0.29) is 18.0 Å². The van der Waals surface area contributed by atoms with Crippen LogP contribution in [-0.4, -0.2) is 63.9 Å². The van der Waals surface area contributed by atoms with Crippen molar-refractivity contribution in [2.75, 3.05) is 19.6 Å². The molecular weight excluding hydrogens is 410 g/mol. The molecule has 4 aliphatic rings. The van der Waals surface area contributed by atoms with E-state index in [0.29, 0.717) is 12.6 Å². The van der Waals surface area contributed by atoms with Gasteiger partial charge in [0, 0.05) is 31.7 Å². The summed E-state index contributed by atoms with van der Waals surface area (Å²) in [6.45, 7) is 4.39. The van der Waals surface area contributed by atoms with Crippen LogP contribution in [0.25, 0.3) is 0 Å². The van der Waals surface area contributed by atoms with E-state index in [2.05, 4.69) is 41.3 Å². The first-order chi connectivity index (χ1) is 16.1. The van der Waals surface area contributed by atoms with Crippen LogP contribution in [0.5, 0.6) is 0 Å². The second-order valence-electron chi connectivity index (χ2n) is 10.3. The molecule has 1 atom stereocenters. The van der Waals surface area contributed by atoms with Crippen LogP contribution >= 0.6 is 0 Å². The normalized spacial score (nSPS) is 25.1. The zero-order valence-corrected chi connectivity index (χ0v) is 19.5. The Morgan fingerprint density at radius 3 is 1.97 bits per heavy atom. The number of piperidine rings is 1. The Hall–Kier alpha value is -2.66. The summed E-state index contributed by atoms with van der Waals surface area (Å²) in [5, 5.41) is 0. The Labute approximate surface area is 196 Å². The summed E-state index contributed by atoms with van der Waals surface area (Å²) in [4.78, 5) is 33.5. The molecule has 0 aromatic heterocycles. The first-order valence-corrected chi connectivity index (χ1v) is 12.6. The molecule has 5 heteroatoms. The summed E-state index contributed by atoms with van der Waals surface area (Å²) < 4.78 is 0. The molecule has 172 valence electrons. The van der Waals surface area contributed by atoms with Crippen molar-refractivity contribution in [3.63, 3.8) is 0 Å². The van der Waals surface area contributed by atoms with Crippen molar-refractivity contribution in [3.8, 4) is 0 Å². The van der Waals surface area contributed by atoms with Crippen LogP contribution < -0.4 is 0 Å². The number of carbonyl (C=O) groups is 2. The van der Waals surface area contributed by atoms with E-state index < -0.39 is 5.54 Å². The number of aryl methyl sites for hydroxylation is 1. The monoisotopic (exact) mass is 443 g/mol. The number of amides is 3. The third kappa shape index (κ3) is 3.23. The zero-order valence-electron chi connectivity index (χ0n) is 19.5. The first kappa shape index (κ1) is 20.9. The average Bonchev–Trinajstić information content (AvgIpc) is 3.35. The van der Waals surface area contributed by atoms with Gasteiger partial charge in [-0.15, -0.1) is 0 Å². The van der Waals surface area contributed by atoms with Crippen molar-refractivity contribution in [1.82, 2.24) is 14.7 Å². The average molecular weight is 444 g/mol. The lowest BCUT2D eigenvalue weighted by atomic mass is 9.82. The van der Waals surface area contributed by atoms with Crippen LogP contribution in [0.3, 0.4) is 0 Å². The molecule has 2 aliphatic heterocycles. The number of hydrogen-bond acceptors (Lipinski definition) is 3. The predicted molar refractivity (Wildman–Crippen MR) is 128 cm³/mol. The van der Waals surface area contributed by atoms with Gasteiger partial charge in [0.15, 0.2) is 0 Å². The third-order valence-corrected chi connectivity index (χ3v) is 8.74. The minimum Gasteiger partial charge on any atom is -0.310 e. The van der Waals surface area contributed by atoms with Crippen molar-refractivity contribution in [3.05, 3.63) is 70.8 Å². The Balaban J connectivity index is 1.19. The summed E-state index contributed by atoms with van der Waals surface area (Å²) in [5.74, 6) is 0.0563. The molecule has 2 aromatic rings. The smallest absolute Gasteiger partial charge is 0.310 e. The fourth-order valence-electron chi connectivity index (χ4n) is 6.95. The second-order valence-corrected chi connectivity index (χ2v) is 10.3. The van der Waals surface area contributed by atoms with E-state index in [0.717, 1.165) is 51.6 Å². The van der Waals surface area contributed by atoms with Gasteiger partial charge < -0.3 is 4.90 Å². The van der Waals surface area contributed by atoms with Gasteiger partial charge in [0.25, 0.3) is 5.91 Å². The number of urea groups is 1. The Bertz CT molecular complexity index is 1060. The summed E-state index contributed by atoms with van der Waals surface area (Å²) in [6, 6.07) is 17.6. The highest BCUT2D eigenvalue weighted by Gasteiger charge is 2.59. The van der Waals surface area contributed by atoms with Crippen molar-refractivity contribution < 1.29 is 9.59 Å². The van der Waals surface area contributed by atoms with Gasteiger partial charge in [-0.1, -0.05) is 48.5 Å². The molecule has 0 N–H and O–H groups in total. The number of fused-ring (bicyclic) bond motifs is 2. The number of hydrogen-bond donors (Lipinski definition) is 0. The van der Waals surface area contributed by atoms with Gasteiger partial charge >= 0.3 is 6.03 Å². The van der Waals surface area contributed by atoms with E-state index in [1.54, 1.807) is 4.90 Å². The molecular formula is C28H33N3O2. The number of imide groups is 1. The molecule has 0 bridgehead atoms. The van der Waals surface area contributed by atoms with E-state index in [1.807, 2.05) is 24.0 Å². The van der Waals surface area contributed by atoms with Gasteiger partial charge in [-0.05, 0) is 74.1 Å². The van der Waals surface area contributed by atoms with Gasteiger partial charge in [0.1, 0.15) is 5.54 Å². The molecule has 1 unspecified atom stereocenters. The number of benzene rings is 2. The topological polar surface area (TPSA) is 43.9 Å². The molecule has 2 aliphatic carbocycles. The van der Waals surface area contributed by atoms with Crippen molar-refractivity contribution in [2.24, 2.45) is 0 Å². The lowest BCUT2D eigenvalue weighted by Gasteiger charge is -2.45. The fourth-order valence-corrected chi connectivity index (χ4v) is 6.95. The van der Waals surface area contributed by atoms with Crippen LogP contribution in [-0.2, 0) is 30.5 Å². The number of rotatable bonds is 3.